The Morgan fingerprint density at radius 3 is 2.59 bits per heavy atom. The molecule has 6 heteroatoms. The standard InChI is InChI=1S/C21H19FN2O3/c1-11-14(15-6-5-13(23)9-18(15)22)7-8-24-19(11)16(12-3-4-12)10-17(20(24)25)21(26)27-2/h5-10,12H,3-4,23H2,1-2H3. The number of aryl methyl sites for hydroxylation is 1. The van der Waals surface area contributed by atoms with Crippen molar-refractivity contribution >= 4 is 17.2 Å². The maximum Gasteiger partial charge on any atom is 0.343 e. The van der Waals surface area contributed by atoms with Gasteiger partial charge in [-0.25, -0.2) is 9.18 Å². The van der Waals surface area contributed by atoms with Crippen LogP contribution in [0.4, 0.5) is 10.1 Å². The van der Waals surface area contributed by atoms with Crippen LogP contribution in [0.2, 0.25) is 0 Å². The van der Waals surface area contributed by atoms with Crippen LogP contribution in [0.15, 0.2) is 41.3 Å². The van der Waals surface area contributed by atoms with Crippen LogP contribution in [0.25, 0.3) is 16.6 Å². The number of benzene rings is 1. The van der Waals surface area contributed by atoms with Gasteiger partial charge in [0.1, 0.15) is 11.4 Å². The molecule has 0 amide bonds. The molecule has 0 bridgehead atoms. The summed E-state index contributed by atoms with van der Waals surface area (Å²) in [7, 11) is 1.26. The lowest BCUT2D eigenvalue weighted by Gasteiger charge is -2.16. The number of carbonyl (C=O) groups excluding carboxylic acids is 1. The Kier molecular flexibility index (Phi) is 3.98. The molecule has 4 rings (SSSR count). The van der Waals surface area contributed by atoms with Crippen LogP contribution in [0, 0.1) is 12.7 Å². The summed E-state index contributed by atoms with van der Waals surface area (Å²) in [4.78, 5) is 24.8. The van der Waals surface area contributed by atoms with E-state index in [1.165, 1.54) is 17.6 Å². The second-order valence-corrected chi connectivity index (χ2v) is 6.90. The van der Waals surface area contributed by atoms with Crippen molar-refractivity contribution < 1.29 is 13.9 Å². The van der Waals surface area contributed by atoms with Gasteiger partial charge in [0, 0.05) is 17.4 Å². The molecule has 1 fully saturated rings. The zero-order valence-corrected chi connectivity index (χ0v) is 15.1. The number of methoxy groups -OCH3 is 1. The molecule has 0 aliphatic heterocycles. The van der Waals surface area contributed by atoms with Crippen molar-refractivity contribution in [2.24, 2.45) is 0 Å². The Hall–Kier alpha value is -3.15. The summed E-state index contributed by atoms with van der Waals surface area (Å²) in [5, 5.41) is 0. The highest BCUT2D eigenvalue weighted by Crippen LogP contribution is 2.43. The molecule has 2 heterocycles. The first-order valence-electron chi connectivity index (χ1n) is 8.75. The fourth-order valence-corrected chi connectivity index (χ4v) is 3.60. The highest BCUT2D eigenvalue weighted by molar-refractivity contribution is 5.90. The predicted octanol–water partition coefficient (Wildman–Crippen LogP) is 3.66. The minimum atomic E-state index is -0.650. The number of ether oxygens (including phenoxy) is 1. The van der Waals surface area contributed by atoms with Crippen molar-refractivity contribution in [2.75, 3.05) is 12.8 Å². The number of hydrogen-bond donors (Lipinski definition) is 1. The third-order valence-electron chi connectivity index (χ3n) is 5.12. The average Bonchev–Trinajstić information content (AvgIpc) is 3.48. The number of hydrogen-bond acceptors (Lipinski definition) is 4. The van der Waals surface area contributed by atoms with Crippen LogP contribution in [-0.4, -0.2) is 17.5 Å². The molecule has 1 aromatic carbocycles. The summed E-state index contributed by atoms with van der Waals surface area (Å²) >= 11 is 0. The topological polar surface area (TPSA) is 73.8 Å². The largest absolute Gasteiger partial charge is 0.465 e. The number of fused-ring (bicyclic) bond motifs is 1. The van der Waals surface area contributed by atoms with Crippen molar-refractivity contribution in [3.05, 3.63) is 69.4 Å². The van der Waals surface area contributed by atoms with Crippen molar-refractivity contribution in [3.63, 3.8) is 0 Å². The predicted molar refractivity (Wildman–Crippen MR) is 102 cm³/mol. The van der Waals surface area contributed by atoms with Gasteiger partial charge in [0.15, 0.2) is 0 Å². The van der Waals surface area contributed by atoms with Crippen LogP contribution in [0.5, 0.6) is 0 Å². The number of anilines is 1. The Morgan fingerprint density at radius 1 is 1.22 bits per heavy atom. The lowest BCUT2D eigenvalue weighted by atomic mass is 9.96. The maximum absolute atomic E-state index is 14.5. The van der Waals surface area contributed by atoms with E-state index in [9.17, 15) is 14.0 Å². The van der Waals surface area contributed by atoms with Gasteiger partial charge in [-0.2, -0.15) is 0 Å². The zero-order chi connectivity index (χ0) is 19.3. The highest BCUT2D eigenvalue weighted by Gasteiger charge is 2.29. The summed E-state index contributed by atoms with van der Waals surface area (Å²) in [5.74, 6) is -0.777. The van der Waals surface area contributed by atoms with Crippen LogP contribution >= 0.6 is 0 Å². The average molecular weight is 366 g/mol. The first-order chi connectivity index (χ1) is 12.9. The molecule has 0 spiro atoms. The number of nitrogen functional groups attached to an aromatic ring is 1. The number of halogens is 1. The molecule has 138 valence electrons. The van der Waals surface area contributed by atoms with Crippen molar-refractivity contribution in [3.8, 4) is 11.1 Å². The molecular formula is C21H19FN2O3. The lowest BCUT2D eigenvalue weighted by Crippen LogP contribution is -2.24. The number of aromatic nitrogens is 1. The SMILES string of the molecule is COC(=O)c1cc(C2CC2)c2c(C)c(-c3ccc(N)cc3F)ccn2c1=O. The van der Waals surface area contributed by atoms with E-state index in [-0.39, 0.29) is 11.5 Å². The molecule has 1 saturated carbocycles. The Labute approximate surface area is 155 Å². The van der Waals surface area contributed by atoms with E-state index >= 15 is 0 Å². The fraction of sp³-hybridized carbons (Fsp3) is 0.238. The van der Waals surface area contributed by atoms with E-state index in [4.69, 9.17) is 10.5 Å². The van der Waals surface area contributed by atoms with Crippen molar-refractivity contribution in [2.45, 2.75) is 25.7 Å². The molecule has 0 unspecified atom stereocenters. The lowest BCUT2D eigenvalue weighted by molar-refractivity contribution is 0.0598. The highest BCUT2D eigenvalue weighted by atomic mass is 19.1. The van der Waals surface area contributed by atoms with E-state index in [1.807, 2.05) is 6.92 Å². The fourth-order valence-electron chi connectivity index (χ4n) is 3.60. The van der Waals surface area contributed by atoms with Gasteiger partial charge < -0.3 is 10.5 Å². The minimum absolute atomic E-state index is 0.0164. The molecular weight excluding hydrogens is 347 g/mol. The van der Waals surface area contributed by atoms with E-state index in [1.54, 1.807) is 30.5 Å². The third-order valence-corrected chi connectivity index (χ3v) is 5.12. The van der Waals surface area contributed by atoms with Gasteiger partial charge in [-0.3, -0.25) is 9.20 Å². The molecule has 0 radical (unpaired) electrons. The Bertz CT molecular complexity index is 1150. The van der Waals surface area contributed by atoms with Crippen LogP contribution in [0.3, 0.4) is 0 Å². The molecule has 5 nitrogen and oxygen atoms in total. The summed E-state index contributed by atoms with van der Waals surface area (Å²) < 4.78 is 20.7. The summed E-state index contributed by atoms with van der Waals surface area (Å²) in [6.07, 6.45) is 3.58. The molecule has 27 heavy (non-hydrogen) atoms. The Morgan fingerprint density at radius 2 is 1.96 bits per heavy atom. The van der Waals surface area contributed by atoms with Gasteiger partial charge in [0.2, 0.25) is 0 Å². The second kappa shape index (κ2) is 6.23. The van der Waals surface area contributed by atoms with Gasteiger partial charge >= 0.3 is 5.97 Å². The number of nitrogens with zero attached hydrogens (tertiary/aromatic N) is 1. The number of nitrogens with two attached hydrogens (primary N) is 1. The van der Waals surface area contributed by atoms with Gasteiger partial charge in [0.05, 0.1) is 12.6 Å². The van der Waals surface area contributed by atoms with Crippen LogP contribution < -0.4 is 11.3 Å². The second-order valence-electron chi connectivity index (χ2n) is 6.90. The smallest absolute Gasteiger partial charge is 0.343 e. The van der Waals surface area contributed by atoms with Crippen LogP contribution in [0.1, 0.15) is 40.2 Å². The monoisotopic (exact) mass is 366 g/mol. The normalized spacial score (nSPS) is 13.7. The Balaban J connectivity index is 2.04. The zero-order valence-electron chi connectivity index (χ0n) is 15.1. The van der Waals surface area contributed by atoms with E-state index in [0.29, 0.717) is 16.8 Å². The van der Waals surface area contributed by atoms with E-state index < -0.39 is 17.3 Å². The molecule has 1 aliphatic carbocycles. The minimum Gasteiger partial charge on any atom is -0.465 e. The van der Waals surface area contributed by atoms with E-state index in [0.717, 1.165) is 29.5 Å². The van der Waals surface area contributed by atoms with Gasteiger partial charge in [0.25, 0.3) is 5.56 Å². The number of carbonyl (C=O) groups is 1. The van der Waals surface area contributed by atoms with Gasteiger partial charge in [-0.05, 0) is 72.7 Å². The van der Waals surface area contributed by atoms with Crippen LogP contribution in [-0.2, 0) is 4.74 Å². The quantitative estimate of drug-likeness (QED) is 0.567. The van der Waals surface area contributed by atoms with E-state index in [2.05, 4.69) is 0 Å². The number of pyridine rings is 2. The molecule has 0 saturated heterocycles. The molecule has 3 aromatic rings. The summed E-state index contributed by atoms with van der Waals surface area (Å²) in [6, 6.07) is 7.90. The third kappa shape index (κ3) is 2.77. The molecule has 2 aromatic heterocycles. The van der Waals surface area contributed by atoms with Crippen molar-refractivity contribution in [1.29, 1.82) is 0 Å². The summed E-state index contributed by atoms with van der Waals surface area (Å²) in [6.45, 7) is 1.86. The van der Waals surface area contributed by atoms with Crippen molar-refractivity contribution in [1.82, 2.24) is 4.40 Å². The first-order valence-corrected chi connectivity index (χ1v) is 8.75. The maximum atomic E-state index is 14.5. The van der Waals surface area contributed by atoms with Gasteiger partial charge in [-0.1, -0.05) is 0 Å². The number of esters is 1. The molecule has 2 N–H and O–H groups in total. The molecule has 0 atom stereocenters. The number of rotatable bonds is 3. The van der Waals surface area contributed by atoms with Gasteiger partial charge in [-0.15, -0.1) is 0 Å². The first kappa shape index (κ1) is 17.3. The molecule has 1 aliphatic rings. The summed E-state index contributed by atoms with van der Waals surface area (Å²) in [5.41, 5.74) is 9.15.